The zero-order valence-electron chi connectivity index (χ0n) is 12.0. The molecule has 0 aliphatic heterocycles. The van der Waals surface area contributed by atoms with Crippen LogP contribution in [-0.2, 0) is 6.54 Å². The summed E-state index contributed by atoms with van der Waals surface area (Å²) in [4.78, 5) is 28.3. The Balaban J connectivity index is 1.88. The number of aryl methyl sites for hydroxylation is 1. The molecule has 2 heterocycles. The first-order valence-electron chi connectivity index (χ1n) is 6.87. The number of hydrogen-bond donors (Lipinski definition) is 1. The van der Waals surface area contributed by atoms with Crippen LogP contribution in [0.25, 0.3) is 11.0 Å². The van der Waals surface area contributed by atoms with Gasteiger partial charge in [-0.1, -0.05) is 24.3 Å². The zero-order chi connectivity index (χ0) is 15.5. The van der Waals surface area contributed by atoms with Gasteiger partial charge in [0.15, 0.2) is 0 Å². The van der Waals surface area contributed by atoms with Crippen molar-refractivity contribution >= 4 is 16.9 Å². The number of carbonyl (C=O) groups is 1. The van der Waals surface area contributed by atoms with Gasteiger partial charge in [-0.25, -0.2) is 4.79 Å². The van der Waals surface area contributed by atoms with Gasteiger partial charge in [0, 0.05) is 11.6 Å². The van der Waals surface area contributed by atoms with E-state index in [0.717, 1.165) is 16.6 Å². The Hall–Kier alpha value is -2.95. The molecule has 0 unspecified atom stereocenters. The number of nitrogens with one attached hydrogen (secondary N) is 1. The predicted octanol–water partition coefficient (Wildman–Crippen LogP) is 2.43. The van der Waals surface area contributed by atoms with E-state index in [1.165, 1.54) is 0 Å². The summed E-state index contributed by atoms with van der Waals surface area (Å²) in [7, 11) is 0. The summed E-state index contributed by atoms with van der Waals surface area (Å²) in [6.45, 7) is 2.11. The van der Waals surface area contributed by atoms with E-state index in [-0.39, 0.29) is 12.1 Å². The maximum atomic E-state index is 12.2. The Morgan fingerprint density at radius 2 is 2.09 bits per heavy atom. The maximum Gasteiger partial charge on any atom is 0.349 e. The summed E-state index contributed by atoms with van der Waals surface area (Å²) in [5.74, 6) is -0.470. The van der Waals surface area contributed by atoms with Gasteiger partial charge in [-0.05, 0) is 30.7 Å². The molecule has 5 nitrogen and oxygen atoms in total. The van der Waals surface area contributed by atoms with Crippen LogP contribution in [0.5, 0.6) is 0 Å². The van der Waals surface area contributed by atoms with Crippen molar-refractivity contribution in [1.29, 1.82) is 0 Å². The van der Waals surface area contributed by atoms with Crippen molar-refractivity contribution in [3.63, 3.8) is 0 Å². The van der Waals surface area contributed by atoms with Crippen LogP contribution in [0.2, 0.25) is 0 Å². The molecule has 0 spiro atoms. The number of aromatic nitrogens is 1. The number of hydrogen-bond acceptors (Lipinski definition) is 4. The van der Waals surface area contributed by atoms with Gasteiger partial charge in [-0.3, -0.25) is 9.78 Å². The lowest BCUT2D eigenvalue weighted by molar-refractivity contribution is 0.0947. The molecule has 0 aliphatic rings. The highest BCUT2D eigenvalue weighted by Crippen LogP contribution is 2.17. The highest BCUT2D eigenvalue weighted by atomic mass is 16.4. The van der Waals surface area contributed by atoms with Gasteiger partial charge in [0.2, 0.25) is 0 Å². The molecule has 3 rings (SSSR count). The number of amides is 1. The van der Waals surface area contributed by atoms with Crippen LogP contribution < -0.4 is 10.9 Å². The molecule has 1 amide bonds. The van der Waals surface area contributed by atoms with Gasteiger partial charge in [-0.15, -0.1) is 0 Å². The van der Waals surface area contributed by atoms with Gasteiger partial charge in [0.1, 0.15) is 11.1 Å². The Labute approximate surface area is 126 Å². The van der Waals surface area contributed by atoms with E-state index < -0.39 is 11.5 Å². The van der Waals surface area contributed by atoms with Crippen LogP contribution in [0, 0.1) is 6.92 Å². The largest absolute Gasteiger partial charge is 0.422 e. The molecule has 110 valence electrons. The minimum absolute atomic E-state index is 0.00553. The number of fused-ring (bicyclic) bond motifs is 1. The molecule has 22 heavy (non-hydrogen) atoms. The normalized spacial score (nSPS) is 10.6. The fourth-order valence-corrected chi connectivity index (χ4v) is 2.22. The summed E-state index contributed by atoms with van der Waals surface area (Å²) in [6.07, 6.45) is 1.65. The number of para-hydroxylation sites is 1. The van der Waals surface area contributed by atoms with Crippen molar-refractivity contribution in [1.82, 2.24) is 10.3 Å². The first kappa shape index (κ1) is 14.0. The van der Waals surface area contributed by atoms with Crippen molar-refractivity contribution < 1.29 is 9.21 Å². The fourth-order valence-electron chi connectivity index (χ4n) is 2.22. The number of nitrogens with zero attached hydrogens (tertiary/aromatic N) is 1. The molecule has 0 radical (unpaired) electrons. The highest BCUT2D eigenvalue weighted by molar-refractivity contribution is 5.96. The standard InChI is InChI=1S/C17H14N2O3/c1-11-5-4-6-12-9-14(17(21)22-15(11)12)16(20)19-10-13-7-2-3-8-18-13/h2-9H,10H2,1H3,(H,19,20). The maximum absolute atomic E-state index is 12.2. The number of benzene rings is 1. The van der Waals surface area contributed by atoms with Crippen LogP contribution in [0.15, 0.2) is 57.9 Å². The second-order valence-electron chi connectivity index (χ2n) is 4.94. The van der Waals surface area contributed by atoms with Gasteiger partial charge in [0.05, 0.1) is 12.2 Å². The summed E-state index contributed by atoms with van der Waals surface area (Å²) in [5, 5.41) is 3.40. The van der Waals surface area contributed by atoms with E-state index in [2.05, 4.69) is 10.3 Å². The van der Waals surface area contributed by atoms with E-state index >= 15 is 0 Å². The third-order valence-corrected chi connectivity index (χ3v) is 3.36. The van der Waals surface area contributed by atoms with Gasteiger partial charge >= 0.3 is 5.63 Å². The van der Waals surface area contributed by atoms with Crippen LogP contribution in [0.4, 0.5) is 0 Å². The first-order chi connectivity index (χ1) is 10.6. The monoisotopic (exact) mass is 294 g/mol. The molecule has 0 saturated carbocycles. The molecule has 1 aromatic carbocycles. The van der Waals surface area contributed by atoms with Crippen LogP contribution in [-0.4, -0.2) is 10.9 Å². The van der Waals surface area contributed by atoms with Gasteiger partial charge < -0.3 is 9.73 Å². The molecular weight excluding hydrogens is 280 g/mol. The Bertz CT molecular complexity index is 885. The molecule has 0 atom stereocenters. The Kier molecular flexibility index (Phi) is 3.70. The van der Waals surface area contributed by atoms with Crippen molar-refractivity contribution in [2.75, 3.05) is 0 Å². The average molecular weight is 294 g/mol. The fraction of sp³-hybridized carbons (Fsp3) is 0.118. The Morgan fingerprint density at radius 3 is 2.86 bits per heavy atom. The number of pyridine rings is 1. The topological polar surface area (TPSA) is 72.2 Å². The van der Waals surface area contributed by atoms with E-state index in [0.29, 0.717) is 5.58 Å². The molecule has 5 heteroatoms. The average Bonchev–Trinajstić information content (AvgIpc) is 2.54. The molecule has 0 bridgehead atoms. The second-order valence-corrected chi connectivity index (χ2v) is 4.94. The second kappa shape index (κ2) is 5.81. The third-order valence-electron chi connectivity index (χ3n) is 3.36. The van der Waals surface area contributed by atoms with Crippen LogP contribution >= 0.6 is 0 Å². The van der Waals surface area contributed by atoms with Crippen molar-refractivity contribution in [2.24, 2.45) is 0 Å². The smallest absolute Gasteiger partial charge is 0.349 e. The van der Waals surface area contributed by atoms with Crippen molar-refractivity contribution in [3.05, 3.63) is 75.9 Å². The first-order valence-corrected chi connectivity index (χ1v) is 6.87. The SMILES string of the molecule is Cc1cccc2cc(C(=O)NCc3ccccn3)c(=O)oc12. The summed E-state index contributed by atoms with van der Waals surface area (Å²) < 4.78 is 5.26. The minimum Gasteiger partial charge on any atom is -0.422 e. The molecule has 0 saturated heterocycles. The summed E-state index contributed by atoms with van der Waals surface area (Å²) in [5.41, 5.74) is 1.44. The number of rotatable bonds is 3. The van der Waals surface area contributed by atoms with Crippen molar-refractivity contribution in [3.8, 4) is 0 Å². The minimum atomic E-state index is -0.639. The molecule has 0 fully saturated rings. The highest BCUT2D eigenvalue weighted by Gasteiger charge is 2.14. The Morgan fingerprint density at radius 1 is 1.23 bits per heavy atom. The summed E-state index contributed by atoms with van der Waals surface area (Å²) in [6, 6.07) is 12.5. The molecule has 1 N–H and O–H groups in total. The van der Waals surface area contributed by atoms with Crippen LogP contribution in [0.3, 0.4) is 0 Å². The lowest BCUT2D eigenvalue weighted by Gasteiger charge is -2.05. The third kappa shape index (κ3) is 2.74. The van der Waals surface area contributed by atoms with Gasteiger partial charge in [0.25, 0.3) is 5.91 Å². The molecular formula is C17H14N2O3. The lowest BCUT2D eigenvalue weighted by Crippen LogP contribution is -2.28. The molecule has 2 aromatic heterocycles. The molecule has 3 aromatic rings. The lowest BCUT2D eigenvalue weighted by atomic mass is 10.1. The quantitative estimate of drug-likeness (QED) is 0.753. The van der Waals surface area contributed by atoms with E-state index in [1.54, 1.807) is 30.5 Å². The number of carbonyl (C=O) groups excluding carboxylic acids is 1. The summed E-state index contributed by atoms with van der Waals surface area (Å²) >= 11 is 0. The predicted molar refractivity (Wildman–Crippen MR) is 82.6 cm³/mol. The van der Waals surface area contributed by atoms with Gasteiger partial charge in [-0.2, -0.15) is 0 Å². The van der Waals surface area contributed by atoms with Crippen LogP contribution in [0.1, 0.15) is 21.6 Å². The van der Waals surface area contributed by atoms with E-state index in [1.807, 2.05) is 25.1 Å². The van der Waals surface area contributed by atoms with E-state index in [4.69, 9.17) is 4.42 Å². The zero-order valence-corrected chi connectivity index (χ0v) is 12.0. The van der Waals surface area contributed by atoms with Crippen molar-refractivity contribution in [2.45, 2.75) is 13.5 Å². The molecule has 0 aliphatic carbocycles. The van der Waals surface area contributed by atoms with E-state index in [9.17, 15) is 9.59 Å².